The van der Waals surface area contributed by atoms with E-state index in [0.29, 0.717) is 46.2 Å². The number of ether oxygens (including phenoxy) is 5. The fraction of sp³-hybridized carbons (Fsp3) is 1.00. The first-order chi connectivity index (χ1) is 9.95. The summed E-state index contributed by atoms with van der Waals surface area (Å²) in [5.74, 6) is 0. The van der Waals surface area contributed by atoms with E-state index < -0.39 is 0 Å². The molecule has 0 saturated heterocycles. The largest absolute Gasteiger partial charge is 0.396 e. The van der Waals surface area contributed by atoms with Gasteiger partial charge in [0, 0.05) is 32.2 Å². The van der Waals surface area contributed by atoms with Crippen LogP contribution in [0.15, 0.2) is 0 Å². The zero-order valence-electron chi connectivity index (χ0n) is 14.1. The molecule has 6 heteroatoms. The lowest BCUT2D eigenvalue weighted by Gasteiger charge is -2.28. The van der Waals surface area contributed by atoms with Gasteiger partial charge in [0.15, 0.2) is 0 Å². The van der Waals surface area contributed by atoms with Gasteiger partial charge in [-0.25, -0.2) is 0 Å². The molecule has 0 aromatic heterocycles. The van der Waals surface area contributed by atoms with Crippen molar-refractivity contribution in [2.45, 2.75) is 13.8 Å². The first kappa shape index (κ1) is 20.8. The Morgan fingerprint density at radius 3 is 1.43 bits per heavy atom. The van der Waals surface area contributed by atoms with Gasteiger partial charge in [-0.1, -0.05) is 13.8 Å². The quantitative estimate of drug-likeness (QED) is 0.482. The third-order valence-corrected chi connectivity index (χ3v) is 3.13. The summed E-state index contributed by atoms with van der Waals surface area (Å²) in [5.41, 5.74) is -0.519. The van der Waals surface area contributed by atoms with Gasteiger partial charge in [0.2, 0.25) is 0 Å². The summed E-state index contributed by atoms with van der Waals surface area (Å²) in [6.07, 6.45) is 0. The van der Waals surface area contributed by atoms with Gasteiger partial charge in [0.1, 0.15) is 0 Å². The average molecular weight is 308 g/mol. The van der Waals surface area contributed by atoms with E-state index in [-0.39, 0.29) is 17.4 Å². The number of hydrogen-bond acceptors (Lipinski definition) is 6. The minimum Gasteiger partial charge on any atom is -0.396 e. The van der Waals surface area contributed by atoms with Gasteiger partial charge in [-0.05, 0) is 0 Å². The van der Waals surface area contributed by atoms with Crippen molar-refractivity contribution in [2.75, 3.05) is 74.2 Å². The van der Waals surface area contributed by atoms with E-state index in [9.17, 15) is 5.11 Å². The molecular formula is C15H32O6. The van der Waals surface area contributed by atoms with E-state index in [1.54, 1.807) is 21.3 Å². The van der Waals surface area contributed by atoms with Gasteiger partial charge < -0.3 is 28.8 Å². The molecule has 0 rings (SSSR count). The Kier molecular flexibility index (Phi) is 11.2. The Balaban J connectivity index is 3.84. The molecule has 0 saturated carbocycles. The van der Waals surface area contributed by atoms with Gasteiger partial charge >= 0.3 is 0 Å². The molecule has 0 amide bonds. The molecule has 1 atom stereocenters. The van der Waals surface area contributed by atoms with Gasteiger partial charge in [-0.2, -0.15) is 0 Å². The molecule has 0 heterocycles. The summed E-state index contributed by atoms with van der Waals surface area (Å²) < 4.78 is 26.6. The highest BCUT2D eigenvalue weighted by molar-refractivity contribution is 4.73. The molecule has 128 valence electrons. The number of methoxy groups -OCH3 is 3. The smallest absolute Gasteiger partial charge is 0.0700 e. The zero-order chi connectivity index (χ0) is 16.2. The second-order valence-corrected chi connectivity index (χ2v) is 6.18. The van der Waals surface area contributed by atoms with Crippen molar-refractivity contribution in [3.05, 3.63) is 0 Å². The lowest BCUT2D eigenvalue weighted by atomic mass is 9.94. The maximum absolute atomic E-state index is 9.32. The van der Waals surface area contributed by atoms with Crippen molar-refractivity contribution in [3.8, 4) is 0 Å². The molecule has 0 aliphatic heterocycles. The maximum Gasteiger partial charge on any atom is 0.0700 e. The molecule has 0 aliphatic rings. The van der Waals surface area contributed by atoms with Crippen LogP contribution in [0.5, 0.6) is 0 Å². The van der Waals surface area contributed by atoms with Crippen molar-refractivity contribution in [3.63, 3.8) is 0 Å². The van der Waals surface area contributed by atoms with E-state index in [1.165, 1.54) is 0 Å². The van der Waals surface area contributed by atoms with E-state index in [0.717, 1.165) is 0 Å². The Morgan fingerprint density at radius 2 is 1.05 bits per heavy atom. The number of rotatable bonds is 14. The fourth-order valence-corrected chi connectivity index (χ4v) is 2.06. The average Bonchev–Trinajstić information content (AvgIpc) is 2.43. The minimum atomic E-state index is -0.366. The molecule has 0 aromatic carbocycles. The summed E-state index contributed by atoms with van der Waals surface area (Å²) >= 11 is 0. The van der Waals surface area contributed by atoms with Crippen LogP contribution in [0.4, 0.5) is 0 Å². The first-order valence-corrected chi connectivity index (χ1v) is 7.18. The van der Waals surface area contributed by atoms with Crippen LogP contribution >= 0.6 is 0 Å². The van der Waals surface area contributed by atoms with Crippen molar-refractivity contribution < 1.29 is 28.8 Å². The van der Waals surface area contributed by atoms with Gasteiger partial charge in [-0.15, -0.1) is 0 Å². The Morgan fingerprint density at radius 1 is 0.667 bits per heavy atom. The molecule has 6 nitrogen and oxygen atoms in total. The Hall–Kier alpha value is -0.240. The second kappa shape index (κ2) is 11.3. The van der Waals surface area contributed by atoms with Crippen LogP contribution in [0.2, 0.25) is 0 Å². The Labute approximate surface area is 128 Å². The standard InChI is InChI=1S/C15H32O6/c1-14(8-16,9-17-3)12-20-6-7-21-13-15(2,10-18-4)11-19-5/h16H,6-13H2,1-5H3. The predicted octanol–water partition coefficient (Wildman–Crippen LogP) is 0.964. The lowest BCUT2D eigenvalue weighted by Crippen LogP contribution is -2.35. The zero-order valence-corrected chi connectivity index (χ0v) is 14.1. The highest BCUT2D eigenvalue weighted by Crippen LogP contribution is 2.18. The van der Waals surface area contributed by atoms with Gasteiger partial charge in [-0.3, -0.25) is 0 Å². The Bertz CT molecular complexity index is 242. The first-order valence-electron chi connectivity index (χ1n) is 7.18. The number of aliphatic hydroxyl groups excluding tert-OH is 1. The predicted molar refractivity (Wildman–Crippen MR) is 80.6 cm³/mol. The van der Waals surface area contributed by atoms with Crippen molar-refractivity contribution >= 4 is 0 Å². The SMILES string of the molecule is COCC(C)(CO)COCCOCC(C)(COC)COC. The fourth-order valence-electron chi connectivity index (χ4n) is 2.06. The van der Waals surface area contributed by atoms with Crippen molar-refractivity contribution in [2.24, 2.45) is 10.8 Å². The molecule has 21 heavy (non-hydrogen) atoms. The normalized spacial score (nSPS) is 15.1. The third kappa shape index (κ3) is 9.39. The summed E-state index contributed by atoms with van der Waals surface area (Å²) in [4.78, 5) is 0. The molecule has 1 N–H and O–H groups in total. The van der Waals surface area contributed by atoms with Crippen LogP contribution in [0, 0.1) is 10.8 Å². The molecule has 0 radical (unpaired) electrons. The van der Waals surface area contributed by atoms with Crippen molar-refractivity contribution in [1.29, 1.82) is 0 Å². The summed E-state index contributed by atoms with van der Waals surface area (Å²) in [7, 11) is 4.95. The van der Waals surface area contributed by atoms with Crippen LogP contribution in [-0.4, -0.2) is 79.3 Å². The van der Waals surface area contributed by atoms with Gasteiger partial charge in [0.25, 0.3) is 0 Å². The van der Waals surface area contributed by atoms with Crippen LogP contribution < -0.4 is 0 Å². The summed E-state index contributed by atoms with van der Waals surface area (Å²) in [5, 5.41) is 9.32. The summed E-state index contributed by atoms with van der Waals surface area (Å²) in [6.45, 7) is 7.60. The van der Waals surface area contributed by atoms with E-state index >= 15 is 0 Å². The van der Waals surface area contributed by atoms with Crippen LogP contribution in [0.25, 0.3) is 0 Å². The lowest BCUT2D eigenvalue weighted by molar-refractivity contribution is -0.0669. The van der Waals surface area contributed by atoms with Crippen molar-refractivity contribution in [1.82, 2.24) is 0 Å². The number of aliphatic hydroxyl groups is 1. The molecule has 1 unspecified atom stereocenters. The van der Waals surface area contributed by atoms with Crippen LogP contribution in [0.1, 0.15) is 13.8 Å². The molecule has 0 bridgehead atoms. The molecule has 0 spiro atoms. The topological polar surface area (TPSA) is 66.4 Å². The third-order valence-electron chi connectivity index (χ3n) is 3.13. The van der Waals surface area contributed by atoms with E-state index in [4.69, 9.17) is 23.7 Å². The molecular weight excluding hydrogens is 276 g/mol. The molecule has 0 fully saturated rings. The van der Waals surface area contributed by atoms with Crippen LogP contribution in [-0.2, 0) is 23.7 Å². The maximum atomic E-state index is 9.32. The number of hydrogen-bond donors (Lipinski definition) is 1. The summed E-state index contributed by atoms with van der Waals surface area (Å²) in [6, 6.07) is 0. The van der Waals surface area contributed by atoms with E-state index in [2.05, 4.69) is 6.92 Å². The van der Waals surface area contributed by atoms with Gasteiger partial charge in [0.05, 0.1) is 52.9 Å². The monoisotopic (exact) mass is 308 g/mol. The van der Waals surface area contributed by atoms with E-state index in [1.807, 2.05) is 6.92 Å². The molecule has 0 aliphatic carbocycles. The minimum absolute atomic E-state index is 0.0292. The highest BCUT2D eigenvalue weighted by Gasteiger charge is 2.25. The second-order valence-electron chi connectivity index (χ2n) is 6.18. The van der Waals surface area contributed by atoms with Crippen LogP contribution in [0.3, 0.4) is 0 Å². The molecule has 0 aromatic rings. The highest BCUT2D eigenvalue weighted by atomic mass is 16.5.